The van der Waals surface area contributed by atoms with Gasteiger partial charge in [-0.25, -0.2) is 8.42 Å². The molecule has 1 amide bonds. The molecule has 1 aromatic carbocycles. The van der Waals surface area contributed by atoms with Crippen molar-refractivity contribution in [2.75, 3.05) is 51.6 Å². The molecule has 140 valence electrons. The second-order valence-electron chi connectivity index (χ2n) is 6.01. The number of piperazine rings is 1. The first-order chi connectivity index (χ1) is 12.0. The Bertz CT molecular complexity index is 629. The lowest BCUT2D eigenvalue weighted by Crippen LogP contribution is -2.50. The molecule has 25 heavy (non-hydrogen) atoms. The van der Waals surface area contributed by atoms with E-state index in [1.807, 2.05) is 25.1 Å². The number of nitrogens with one attached hydrogen (secondary N) is 1. The largest absolute Gasteiger partial charge is 0.484 e. The molecule has 1 heterocycles. The zero-order chi connectivity index (χ0) is 18.1. The van der Waals surface area contributed by atoms with E-state index >= 15 is 0 Å². The van der Waals surface area contributed by atoms with Crippen LogP contribution in [0.4, 0.5) is 0 Å². The minimum absolute atomic E-state index is 0.00689. The molecule has 1 aromatic rings. The molecular formula is C17H27N3O4S. The fourth-order valence-electron chi connectivity index (χ4n) is 2.69. The third-order valence-electron chi connectivity index (χ3n) is 4.05. The normalized spacial score (nSPS) is 16.5. The molecule has 0 radical (unpaired) electrons. The monoisotopic (exact) mass is 369 g/mol. The summed E-state index contributed by atoms with van der Waals surface area (Å²) in [7, 11) is -3.10. The molecule has 0 aliphatic carbocycles. The van der Waals surface area contributed by atoms with Gasteiger partial charge < -0.3 is 10.1 Å². The van der Waals surface area contributed by atoms with Gasteiger partial charge in [0.05, 0.1) is 5.75 Å². The van der Waals surface area contributed by atoms with Gasteiger partial charge >= 0.3 is 0 Å². The predicted octanol–water partition coefficient (Wildman–Crippen LogP) is 0.539. The quantitative estimate of drug-likeness (QED) is 0.687. The van der Waals surface area contributed by atoms with E-state index < -0.39 is 10.0 Å². The summed E-state index contributed by atoms with van der Waals surface area (Å²) in [5.41, 5.74) is 0. The predicted molar refractivity (Wildman–Crippen MR) is 97.0 cm³/mol. The molecule has 0 aromatic heterocycles. The van der Waals surface area contributed by atoms with E-state index in [0.29, 0.717) is 51.4 Å². The van der Waals surface area contributed by atoms with Gasteiger partial charge in [-0.1, -0.05) is 25.1 Å². The molecule has 8 heteroatoms. The number of sulfonamides is 1. The van der Waals surface area contributed by atoms with Gasteiger partial charge in [-0.2, -0.15) is 4.31 Å². The third-order valence-corrected chi connectivity index (χ3v) is 6.13. The number of para-hydroxylation sites is 1. The Balaban J connectivity index is 1.61. The first kappa shape index (κ1) is 19.7. The number of hydrogen-bond donors (Lipinski definition) is 1. The van der Waals surface area contributed by atoms with Gasteiger partial charge in [0.25, 0.3) is 5.91 Å². The summed E-state index contributed by atoms with van der Waals surface area (Å²) in [6.07, 6.45) is 0.639. The van der Waals surface area contributed by atoms with Crippen LogP contribution in [0.1, 0.15) is 13.3 Å². The maximum absolute atomic E-state index is 12.0. The van der Waals surface area contributed by atoms with Crippen molar-refractivity contribution in [3.63, 3.8) is 0 Å². The van der Waals surface area contributed by atoms with Crippen LogP contribution < -0.4 is 10.1 Å². The number of amides is 1. The summed E-state index contributed by atoms with van der Waals surface area (Å²) >= 11 is 0. The van der Waals surface area contributed by atoms with E-state index in [9.17, 15) is 13.2 Å². The number of nitrogens with zero attached hydrogens (tertiary/aromatic N) is 2. The van der Waals surface area contributed by atoms with Gasteiger partial charge in [-0.05, 0) is 18.6 Å². The zero-order valence-corrected chi connectivity index (χ0v) is 15.5. The Hall–Kier alpha value is -1.64. The summed E-state index contributed by atoms with van der Waals surface area (Å²) in [6, 6.07) is 9.21. The third kappa shape index (κ3) is 6.64. The summed E-state index contributed by atoms with van der Waals surface area (Å²) in [4.78, 5) is 13.9. The van der Waals surface area contributed by atoms with Gasteiger partial charge in [0.15, 0.2) is 6.61 Å². The van der Waals surface area contributed by atoms with Crippen LogP contribution in [-0.4, -0.2) is 75.2 Å². The van der Waals surface area contributed by atoms with E-state index in [-0.39, 0.29) is 18.3 Å². The van der Waals surface area contributed by atoms with Crippen LogP contribution in [0.25, 0.3) is 0 Å². The highest BCUT2D eigenvalue weighted by molar-refractivity contribution is 7.89. The molecule has 2 rings (SSSR count). The molecular weight excluding hydrogens is 342 g/mol. The first-order valence-electron chi connectivity index (χ1n) is 8.66. The van der Waals surface area contributed by atoms with Crippen molar-refractivity contribution in [2.24, 2.45) is 0 Å². The average Bonchev–Trinajstić information content (AvgIpc) is 2.61. The van der Waals surface area contributed by atoms with Crippen molar-refractivity contribution in [1.29, 1.82) is 0 Å². The molecule has 1 saturated heterocycles. The molecule has 1 N–H and O–H groups in total. The van der Waals surface area contributed by atoms with Crippen molar-refractivity contribution in [3.8, 4) is 5.75 Å². The lowest BCUT2D eigenvalue weighted by atomic mass is 10.3. The lowest BCUT2D eigenvalue weighted by molar-refractivity contribution is -0.123. The van der Waals surface area contributed by atoms with Gasteiger partial charge in [0.1, 0.15) is 5.75 Å². The summed E-state index contributed by atoms with van der Waals surface area (Å²) < 4.78 is 31.0. The molecule has 7 nitrogen and oxygen atoms in total. The summed E-state index contributed by atoms with van der Waals surface area (Å²) in [5.74, 6) is 0.722. The number of hydrogen-bond acceptors (Lipinski definition) is 5. The Morgan fingerprint density at radius 2 is 1.84 bits per heavy atom. The number of benzene rings is 1. The number of carbonyl (C=O) groups is 1. The Labute approximate surface area is 150 Å². The average molecular weight is 369 g/mol. The van der Waals surface area contributed by atoms with Crippen LogP contribution in [0.5, 0.6) is 5.75 Å². The van der Waals surface area contributed by atoms with Crippen LogP contribution in [-0.2, 0) is 14.8 Å². The highest BCUT2D eigenvalue weighted by Gasteiger charge is 2.25. The van der Waals surface area contributed by atoms with Gasteiger partial charge in [0.2, 0.25) is 10.0 Å². The lowest BCUT2D eigenvalue weighted by Gasteiger charge is -2.33. The van der Waals surface area contributed by atoms with E-state index in [2.05, 4.69) is 10.2 Å². The van der Waals surface area contributed by atoms with Gasteiger partial charge in [-0.15, -0.1) is 0 Å². The second-order valence-corrected chi connectivity index (χ2v) is 8.10. The van der Waals surface area contributed by atoms with Crippen LogP contribution in [0.3, 0.4) is 0 Å². The highest BCUT2D eigenvalue weighted by atomic mass is 32.2. The molecule has 1 aliphatic rings. The molecule has 0 bridgehead atoms. The zero-order valence-electron chi connectivity index (χ0n) is 14.7. The summed E-state index contributed by atoms with van der Waals surface area (Å²) in [5, 5.41) is 2.82. The van der Waals surface area contributed by atoms with Crippen LogP contribution >= 0.6 is 0 Å². The van der Waals surface area contributed by atoms with Crippen molar-refractivity contribution < 1.29 is 17.9 Å². The number of ether oxygens (including phenoxy) is 1. The van der Waals surface area contributed by atoms with E-state index in [1.165, 1.54) is 0 Å². The Morgan fingerprint density at radius 1 is 1.16 bits per heavy atom. The fraction of sp³-hybridized carbons (Fsp3) is 0.588. The number of rotatable bonds is 9. The Kier molecular flexibility index (Phi) is 7.67. The summed E-state index contributed by atoms with van der Waals surface area (Å²) in [6.45, 7) is 5.53. The topological polar surface area (TPSA) is 79.0 Å². The van der Waals surface area contributed by atoms with Crippen molar-refractivity contribution in [2.45, 2.75) is 13.3 Å². The highest BCUT2D eigenvalue weighted by Crippen LogP contribution is 2.09. The van der Waals surface area contributed by atoms with Crippen molar-refractivity contribution in [1.82, 2.24) is 14.5 Å². The molecule has 0 atom stereocenters. The van der Waals surface area contributed by atoms with Crippen LogP contribution in [0, 0.1) is 0 Å². The Morgan fingerprint density at radius 3 is 2.48 bits per heavy atom. The van der Waals surface area contributed by atoms with E-state index in [1.54, 1.807) is 16.4 Å². The fourth-order valence-corrected chi connectivity index (χ4v) is 4.18. The number of carbonyl (C=O) groups excluding carboxylic acids is 1. The molecule has 1 aliphatic heterocycles. The second kappa shape index (κ2) is 9.74. The van der Waals surface area contributed by atoms with E-state index in [0.717, 1.165) is 0 Å². The minimum Gasteiger partial charge on any atom is -0.484 e. The maximum Gasteiger partial charge on any atom is 0.257 e. The maximum atomic E-state index is 12.0. The first-order valence-corrected chi connectivity index (χ1v) is 10.3. The molecule has 0 spiro atoms. The molecule has 0 saturated carbocycles. The van der Waals surface area contributed by atoms with Crippen LogP contribution in [0.2, 0.25) is 0 Å². The van der Waals surface area contributed by atoms with Gasteiger partial charge in [0, 0.05) is 39.3 Å². The van der Waals surface area contributed by atoms with Crippen molar-refractivity contribution >= 4 is 15.9 Å². The smallest absolute Gasteiger partial charge is 0.257 e. The SMILES string of the molecule is CCCS(=O)(=O)N1CCN(CCNC(=O)COc2ccccc2)CC1. The van der Waals surface area contributed by atoms with E-state index in [4.69, 9.17) is 4.74 Å². The van der Waals surface area contributed by atoms with Gasteiger partial charge in [-0.3, -0.25) is 9.69 Å². The molecule has 0 unspecified atom stereocenters. The molecule has 1 fully saturated rings. The van der Waals surface area contributed by atoms with Crippen molar-refractivity contribution in [3.05, 3.63) is 30.3 Å². The standard InChI is InChI=1S/C17H27N3O4S/c1-2-14-25(22,23)20-12-10-19(11-13-20)9-8-18-17(21)15-24-16-6-4-3-5-7-16/h3-7H,2,8-15H2,1H3,(H,18,21). The minimum atomic E-state index is -3.10. The van der Waals surface area contributed by atoms with Crippen LogP contribution in [0.15, 0.2) is 30.3 Å².